The zero-order valence-electron chi connectivity index (χ0n) is 8.87. The van der Waals surface area contributed by atoms with Crippen molar-refractivity contribution in [1.29, 1.82) is 0 Å². The highest BCUT2D eigenvalue weighted by Gasteiger charge is 2.21. The van der Waals surface area contributed by atoms with Crippen LogP contribution in [-0.2, 0) is 4.74 Å². The van der Waals surface area contributed by atoms with Gasteiger partial charge in [0.05, 0.1) is 12.7 Å². The molecule has 0 bridgehead atoms. The lowest BCUT2D eigenvalue weighted by Crippen LogP contribution is -2.47. The molecule has 0 spiro atoms. The molecular weight excluding hydrogens is 196 g/mol. The van der Waals surface area contributed by atoms with Gasteiger partial charge in [-0.25, -0.2) is 0 Å². The molecule has 0 amide bonds. The third kappa shape index (κ3) is 3.12. The SMILES string of the molecule is CC1CN(CC2CNCCS2)CCO1. The molecule has 2 saturated heterocycles. The standard InChI is InChI=1S/C10H20N2OS/c1-9-7-12(3-4-13-9)8-10-6-11-2-5-14-10/h9-11H,2-8H2,1H3. The summed E-state index contributed by atoms with van der Waals surface area (Å²) in [5.41, 5.74) is 0. The van der Waals surface area contributed by atoms with Gasteiger partial charge in [0.2, 0.25) is 0 Å². The molecule has 2 aliphatic rings. The van der Waals surface area contributed by atoms with Gasteiger partial charge in [-0.2, -0.15) is 11.8 Å². The van der Waals surface area contributed by atoms with Crippen molar-refractivity contribution in [1.82, 2.24) is 10.2 Å². The molecule has 82 valence electrons. The predicted octanol–water partition coefficient (Wildman–Crippen LogP) is 0.412. The minimum atomic E-state index is 0.422. The predicted molar refractivity (Wildman–Crippen MR) is 61.0 cm³/mol. The summed E-state index contributed by atoms with van der Waals surface area (Å²) >= 11 is 2.11. The number of hydrogen-bond acceptors (Lipinski definition) is 4. The molecule has 2 aliphatic heterocycles. The summed E-state index contributed by atoms with van der Waals surface area (Å²) in [5, 5.41) is 4.24. The van der Waals surface area contributed by atoms with E-state index in [0.717, 1.165) is 24.9 Å². The Bertz CT molecular complexity index is 174. The molecule has 0 aromatic rings. The lowest BCUT2D eigenvalue weighted by molar-refractivity contribution is -0.0179. The molecule has 2 unspecified atom stereocenters. The van der Waals surface area contributed by atoms with Gasteiger partial charge in [-0.1, -0.05) is 0 Å². The van der Waals surface area contributed by atoms with Crippen molar-refractivity contribution in [2.75, 3.05) is 45.1 Å². The summed E-state index contributed by atoms with van der Waals surface area (Å²) in [4.78, 5) is 2.54. The Kier molecular flexibility index (Phi) is 4.10. The van der Waals surface area contributed by atoms with Gasteiger partial charge in [-0.3, -0.25) is 4.90 Å². The third-order valence-corrected chi connectivity index (χ3v) is 4.02. The van der Waals surface area contributed by atoms with Crippen LogP contribution in [0.3, 0.4) is 0 Å². The summed E-state index contributed by atoms with van der Waals surface area (Å²) in [6.45, 7) is 8.88. The fraction of sp³-hybridized carbons (Fsp3) is 1.00. The van der Waals surface area contributed by atoms with Crippen LogP contribution in [0.2, 0.25) is 0 Å². The Hall–Kier alpha value is 0.230. The quantitative estimate of drug-likeness (QED) is 0.723. The van der Waals surface area contributed by atoms with E-state index in [2.05, 4.69) is 28.9 Å². The molecule has 14 heavy (non-hydrogen) atoms. The summed E-state index contributed by atoms with van der Waals surface area (Å²) in [7, 11) is 0. The number of hydrogen-bond donors (Lipinski definition) is 1. The molecule has 4 heteroatoms. The van der Waals surface area contributed by atoms with Crippen molar-refractivity contribution in [2.45, 2.75) is 18.3 Å². The Labute approximate surface area is 90.6 Å². The van der Waals surface area contributed by atoms with Gasteiger partial charge in [0.25, 0.3) is 0 Å². The second-order valence-corrected chi connectivity index (χ2v) is 5.55. The number of morpholine rings is 1. The average molecular weight is 216 g/mol. The van der Waals surface area contributed by atoms with Gasteiger partial charge < -0.3 is 10.1 Å². The van der Waals surface area contributed by atoms with Gasteiger partial charge >= 0.3 is 0 Å². The summed E-state index contributed by atoms with van der Waals surface area (Å²) in [6, 6.07) is 0. The van der Waals surface area contributed by atoms with E-state index < -0.39 is 0 Å². The minimum absolute atomic E-state index is 0.422. The Morgan fingerprint density at radius 1 is 1.57 bits per heavy atom. The number of nitrogens with one attached hydrogen (secondary N) is 1. The monoisotopic (exact) mass is 216 g/mol. The van der Waals surface area contributed by atoms with Crippen molar-refractivity contribution in [2.24, 2.45) is 0 Å². The van der Waals surface area contributed by atoms with Crippen LogP contribution in [0.1, 0.15) is 6.92 Å². The van der Waals surface area contributed by atoms with Crippen molar-refractivity contribution < 1.29 is 4.74 Å². The van der Waals surface area contributed by atoms with Crippen molar-refractivity contribution in [3.63, 3.8) is 0 Å². The molecule has 0 saturated carbocycles. The Morgan fingerprint density at radius 2 is 2.50 bits per heavy atom. The molecule has 0 aliphatic carbocycles. The summed E-state index contributed by atoms with van der Waals surface area (Å²) in [6.07, 6.45) is 0.422. The number of nitrogens with zero attached hydrogens (tertiary/aromatic N) is 1. The van der Waals surface area contributed by atoms with E-state index in [1.54, 1.807) is 0 Å². The third-order valence-electron chi connectivity index (χ3n) is 2.79. The fourth-order valence-electron chi connectivity index (χ4n) is 2.08. The maximum Gasteiger partial charge on any atom is 0.0674 e. The first-order valence-corrected chi connectivity index (χ1v) is 6.56. The number of rotatable bonds is 2. The van der Waals surface area contributed by atoms with E-state index in [1.165, 1.54) is 25.4 Å². The van der Waals surface area contributed by atoms with Crippen LogP contribution in [0.5, 0.6) is 0 Å². The van der Waals surface area contributed by atoms with Crippen molar-refractivity contribution >= 4 is 11.8 Å². The lowest BCUT2D eigenvalue weighted by atomic mass is 10.2. The molecule has 2 fully saturated rings. The van der Waals surface area contributed by atoms with E-state index in [9.17, 15) is 0 Å². The zero-order valence-corrected chi connectivity index (χ0v) is 9.68. The molecular formula is C10H20N2OS. The average Bonchev–Trinajstić information content (AvgIpc) is 2.19. The molecule has 2 heterocycles. The second-order valence-electron chi connectivity index (χ2n) is 4.14. The van der Waals surface area contributed by atoms with Crippen LogP contribution in [0.15, 0.2) is 0 Å². The molecule has 2 rings (SSSR count). The molecule has 0 radical (unpaired) electrons. The Morgan fingerprint density at radius 3 is 3.21 bits per heavy atom. The van der Waals surface area contributed by atoms with Crippen LogP contribution in [0.25, 0.3) is 0 Å². The van der Waals surface area contributed by atoms with Gasteiger partial charge in [-0.15, -0.1) is 0 Å². The summed E-state index contributed by atoms with van der Waals surface area (Å²) < 4.78 is 5.53. The maximum absolute atomic E-state index is 5.53. The van der Waals surface area contributed by atoms with E-state index in [0.29, 0.717) is 6.10 Å². The summed E-state index contributed by atoms with van der Waals surface area (Å²) in [5.74, 6) is 1.27. The van der Waals surface area contributed by atoms with Crippen molar-refractivity contribution in [3.05, 3.63) is 0 Å². The van der Waals surface area contributed by atoms with Crippen LogP contribution in [0.4, 0.5) is 0 Å². The smallest absolute Gasteiger partial charge is 0.0674 e. The largest absolute Gasteiger partial charge is 0.376 e. The first-order valence-electron chi connectivity index (χ1n) is 5.51. The number of ether oxygens (including phenoxy) is 1. The van der Waals surface area contributed by atoms with Crippen LogP contribution in [0, 0.1) is 0 Å². The van der Waals surface area contributed by atoms with Gasteiger partial charge in [0.1, 0.15) is 0 Å². The normalized spacial score (nSPS) is 35.8. The topological polar surface area (TPSA) is 24.5 Å². The Balaban J connectivity index is 1.72. The second kappa shape index (κ2) is 5.35. The molecule has 1 N–H and O–H groups in total. The van der Waals surface area contributed by atoms with E-state index in [4.69, 9.17) is 4.74 Å². The molecule has 0 aromatic heterocycles. The highest BCUT2D eigenvalue weighted by atomic mass is 32.2. The molecule has 0 aromatic carbocycles. The first-order chi connectivity index (χ1) is 6.84. The van der Waals surface area contributed by atoms with Gasteiger partial charge in [0.15, 0.2) is 0 Å². The lowest BCUT2D eigenvalue weighted by Gasteiger charge is -2.34. The fourth-order valence-corrected chi connectivity index (χ4v) is 3.23. The van der Waals surface area contributed by atoms with Crippen molar-refractivity contribution in [3.8, 4) is 0 Å². The zero-order chi connectivity index (χ0) is 9.80. The molecule has 3 nitrogen and oxygen atoms in total. The van der Waals surface area contributed by atoms with Gasteiger partial charge in [0, 0.05) is 43.7 Å². The van der Waals surface area contributed by atoms with Crippen LogP contribution < -0.4 is 5.32 Å². The highest BCUT2D eigenvalue weighted by molar-refractivity contribution is 8.00. The number of thioether (sulfide) groups is 1. The van der Waals surface area contributed by atoms with Gasteiger partial charge in [-0.05, 0) is 6.92 Å². The van der Waals surface area contributed by atoms with Crippen LogP contribution >= 0.6 is 11.8 Å². The minimum Gasteiger partial charge on any atom is -0.376 e. The van der Waals surface area contributed by atoms with Crippen LogP contribution in [-0.4, -0.2) is 61.3 Å². The van der Waals surface area contributed by atoms with E-state index >= 15 is 0 Å². The first kappa shape index (κ1) is 10.7. The van der Waals surface area contributed by atoms with E-state index in [-0.39, 0.29) is 0 Å². The molecule has 2 atom stereocenters. The highest BCUT2D eigenvalue weighted by Crippen LogP contribution is 2.16. The maximum atomic E-state index is 5.53. The van der Waals surface area contributed by atoms with E-state index in [1.807, 2.05) is 0 Å².